The molecule has 0 aliphatic carbocycles. The number of nitro benzene ring substituents is 2. The van der Waals surface area contributed by atoms with E-state index >= 15 is 0 Å². The van der Waals surface area contributed by atoms with Crippen molar-refractivity contribution in [3.63, 3.8) is 0 Å². The van der Waals surface area contributed by atoms with Gasteiger partial charge in [0.15, 0.2) is 0 Å². The minimum atomic E-state index is -1.50. The van der Waals surface area contributed by atoms with Gasteiger partial charge in [0.2, 0.25) is 5.91 Å². The van der Waals surface area contributed by atoms with Crippen LogP contribution >= 0.6 is 11.8 Å². The first kappa shape index (κ1) is 41.5. The number of carboxylic acid groups (broad SMARTS) is 1. The molecule has 4 heterocycles. The minimum Gasteiger partial charge on any atom is -0.477 e. The standard InChI is InChI=1S/C37H41N7O13S/c1-21-29(32(46)40-16-14-39(15-17-40)23(3)38-35(50)56-19-24-4-8-26(9-5-24)43(52)53)30(33(47)48)42-31(21)37(22(2)45,34(42)49)58-28-12-13-41(18-28)36(51)57-20-25-6-10-27(11-7-25)44(54)55/h4-11,21-22,28,31,45H,12-20H2,1-3H3,(H,47,48)/t21-,22?,28?,31+,37?/m1/s1. The van der Waals surface area contributed by atoms with Crippen molar-refractivity contribution in [3.8, 4) is 0 Å². The van der Waals surface area contributed by atoms with E-state index in [2.05, 4.69) is 4.99 Å². The Hall–Kier alpha value is -6.09. The summed E-state index contributed by atoms with van der Waals surface area (Å²) in [5.74, 6) is -3.09. The first-order chi connectivity index (χ1) is 27.5. The summed E-state index contributed by atoms with van der Waals surface area (Å²) in [5.41, 5.74) is 0.424. The first-order valence-corrected chi connectivity index (χ1v) is 19.2. The Labute approximate surface area is 335 Å². The van der Waals surface area contributed by atoms with Crippen LogP contribution in [0, 0.1) is 26.1 Å². The molecule has 5 atom stereocenters. The van der Waals surface area contributed by atoms with E-state index in [1.165, 1.54) is 77.0 Å². The number of aliphatic imine (C=N–C) groups is 1. The van der Waals surface area contributed by atoms with Crippen LogP contribution in [0.5, 0.6) is 0 Å². The summed E-state index contributed by atoms with van der Waals surface area (Å²) < 4.78 is 9.10. The maximum absolute atomic E-state index is 14.1. The van der Waals surface area contributed by atoms with Gasteiger partial charge >= 0.3 is 18.2 Å². The number of carbonyl (C=O) groups is 5. The number of aliphatic hydroxyl groups excluding tert-OH is 1. The molecule has 3 saturated heterocycles. The molecule has 0 bridgehead atoms. The molecule has 2 aromatic carbocycles. The van der Waals surface area contributed by atoms with Gasteiger partial charge < -0.3 is 34.4 Å². The van der Waals surface area contributed by atoms with Crippen molar-refractivity contribution in [1.29, 1.82) is 0 Å². The number of piperazine rings is 1. The Morgan fingerprint density at radius 3 is 1.95 bits per heavy atom. The van der Waals surface area contributed by atoms with Gasteiger partial charge in [-0.15, -0.1) is 11.8 Å². The highest BCUT2D eigenvalue weighted by atomic mass is 32.2. The number of ether oxygens (including phenoxy) is 2. The second-order valence-electron chi connectivity index (χ2n) is 14.3. The Morgan fingerprint density at radius 1 is 0.897 bits per heavy atom. The molecule has 20 nitrogen and oxygen atoms in total. The van der Waals surface area contributed by atoms with Crippen LogP contribution in [0.4, 0.5) is 21.0 Å². The summed E-state index contributed by atoms with van der Waals surface area (Å²) in [6, 6.07) is 10.3. The number of amides is 4. The van der Waals surface area contributed by atoms with E-state index in [4.69, 9.17) is 9.47 Å². The number of rotatable bonds is 11. The van der Waals surface area contributed by atoms with Crippen molar-refractivity contribution in [1.82, 2.24) is 19.6 Å². The number of carboxylic acids is 1. The van der Waals surface area contributed by atoms with Gasteiger partial charge in [-0.1, -0.05) is 6.92 Å². The zero-order valence-corrected chi connectivity index (χ0v) is 32.5. The SMILES string of the molecule is CC(=NC(=O)OCc1ccc([N+](=O)[O-])cc1)N1CCN(C(=O)C2=C(C(=O)O)N3C(=O)C(SC4CCN(C(=O)OCc5ccc([N+](=O)[O-])cc5)C4)(C(C)O)[C@@H]3[C@@H]2C)CC1. The normalized spacial score (nSPS) is 23.6. The Kier molecular flexibility index (Phi) is 12.0. The average molecular weight is 824 g/mol. The van der Waals surface area contributed by atoms with E-state index in [1.54, 1.807) is 18.7 Å². The second kappa shape index (κ2) is 16.8. The number of likely N-dealkylation sites (tertiary alicyclic amines) is 1. The number of hydrogen-bond acceptors (Lipinski definition) is 13. The molecule has 0 spiro atoms. The molecule has 0 radical (unpaired) electrons. The number of fused-ring (bicyclic) bond motifs is 1. The van der Waals surface area contributed by atoms with E-state index in [-0.39, 0.29) is 68.1 Å². The first-order valence-electron chi connectivity index (χ1n) is 18.3. The largest absolute Gasteiger partial charge is 0.477 e. The van der Waals surface area contributed by atoms with E-state index < -0.39 is 68.3 Å². The number of aliphatic carboxylic acids is 1. The molecule has 2 aromatic rings. The average Bonchev–Trinajstić information content (AvgIpc) is 3.79. The van der Waals surface area contributed by atoms with Crippen molar-refractivity contribution >= 4 is 58.9 Å². The van der Waals surface area contributed by atoms with Crippen LogP contribution in [0.1, 0.15) is 38.3 Å². The molecule has 0 saturated carbocycles. The summed E-state index contributed by atoms with van der Waals surface area (Å²) in [7, 11) is 0. The number of hydrogen-bond donors (Lipinski definition) is 2. The molecule has 21 heteroatoms. The molecule has 3 fully saturated rings. The van der Waals surface area contributed by atoms with Gasteiger partial charge in [-0.2, -0.15) is 4.99 Å². The van der Waals surface area contributed by atoms with Crippen LogP contribution in [0.2, 0.25) is 0 Å². The quantitative estimate of drug-likeness (QED) is 0.108. The molecule has 4 aliphatic heterocycles. The van der Waals surface area contributed by atoms with Gasteiger partial charge in [-0.05, 0) is 55.7 Å². The van der Waals surface area contributed by atoms with Crippen molar-refractivity contribution in [3.05, 3.63) is 91.2 Å². The third-order valence-corrected chi connectivity index (χ3v) is 12.7. The summed E-state index contributed by atoms with van der Waals surface area (Å²) in [6.07, 6.45) is -2.28. The summed E-state index contributed by atoms with van der Waals surface area (Å²) in [5, 5.41) is 42.9. The smallest absolute Gasteiger partial charge is 0.435 e. The topological polar surface area (TPSA) is 256 Å². The van der Waals surface area contributed by atoms with Crippen molar-refractivity contribution in [2.45, 2.75) is 62.5 Å². The molecule has 4 amide bonds. The van der Waals surface area contributed by atoms with Crippen LogP contribution < -0.4 is 0 Å². The van der Waals surface area contributed by atoms with Crippen molar-refractivity contribution in [2.75, 3.05) is 39.3 Å². The monoisotopic (exact) mass is 823 g/mol. The number of β-lactam (4-membered cyclic amide) rings is 1. The van der Waals surface area contributed by atoms with Crippen LogP contribution in [0.3, 0.4) is 0 Å². The minimum absolute atomic E-state index is 0.0505. The second-order valence-corrected chi connectivity index (χ2v) is 15.9. The maximum atomic E-state index is 14.1. The predicted molar refractivity (Wildman–Crippen MR) is 204 cm³/mol. The van der Waals surface area contributed by atoms with Gasteiger partial charge in [-0.3, -0.25) is 34.7 Å². The highest BCUT2D eigenvalue weighted by Crippen LogP contribution is 2.57. The van der Waals surface area contributed by atoms with E-state index in [1.807, 2.05) is 0 Å². The van der Waals surface area contributed by atoms with Crippen molar-refractivity contribution < 1.29 is 53.5 Å². The molecule has 0 aromatic heterocycles. The highest BCUT2D eigenvalue weighted by Gasteiger charge is 2.71. The van der Waals surface area contributed by atoms with Crippen LogP contribution in [-0.4, -0.2) is 137 Å². The number of nitro groups is 2. The van der Waals surface area contributed by atoms with E-state index in [0.29, 0.717) is 29.9 Å². The molecule has 4 aliphatic rings. The van der Waals surface area contributed by atoms with Gasteiger partial charge in [0, 0.05) is 74.7 Å². The zero-order chi connectivity index (χ0) is 42.1. The molecule has 308 valence electrons. The lowest BCUT2D eigenvalue weighted by atomic mass is 9.76. The molecule has 58 heavy (non-hydrogen) atoms. The van der Waals surface area contributed by atoms with Gasteiger partial charge in [0.05, 0.1) is 27.6 Å². The fourth-order valence-corrected chi connectivity index (χ4v) is 9.65. The molecule has 2 N–H and O–H groups in total. The lowest BCUT2D eigenvalue weighted by Crippen LogP contribution is -2.76. The lowest BCUT2D eigenvalue weighted by molar-refractivity contribution is -0.385. The van der Waals surface area contributed by atoms with Crippen LogP contribution in [-0.2, 0) is 37.1 Å². The maximum Gasteiger partial charge on any atom is 0.435 e. The van der Waals surface area contributed by atoms with Gasteiger partial charge in [0.25, 0.3) is 17.3 Å². The lowest BCUT2D eigenvalue weighted by Gasteiger charge is -2.56. The summed E-state index contributed by atoms with van der Waals surface area (Å²) >= 11 is 1.17. The fourth-order valence-electron chi connectivity index (χ4n) is 7.78. The fraction of sp³-hybridized carbons (Fsp3) is 0.459. The van der Waals surface area contributed by atoms with E-state index in [9.17, 15) is 54.4 Å². The molecule has 6 rings (SSSR count). The van der Waals surface area contributed by atoms with Crippen molar-refractivity contribution in [2.24, 2.45) is 10.9 Å². The Bertz CT molecular complexity index is 2070. The Balaban J connectivity index is 1.06. The van der Waals surface area contributed by atoms with Crippen LogP contribution in [0.15, 0.2) is 64.8 Å². The third kappa shape index (κ3) is 8.03. The third-order valence-electron chi connectivity index (χ3n) is 10.8. The summed E-state index contributed by atoms with van der Waals surface area (Å²) in [6.45, 7) is 5.77. The van der Waals surface area contributed by atoms with Gasteiger partial charge in [-0.25, -0.2) is 14.4 Å². The number of thioether (sulfide) groups is 1. The van der Waals surface area contributed by atoms with Crippen LogP contribution in [0.25, 0.3) is 0 Å². The number of non-ortho nitro benzene ring substituents is 2. The number of carbonyl (C=O) groups excluding carboxylic acids is 4. The zero-order valence-electron chi connectivity index (χ0n) is 31.7. The Morgan fingerprint density at radius 2 is 1.43 bits per heavy atom. The molecular formula is C37H41N7O13S. The number of nitrogens with zero attached hydrogens (tertiary/aromatic N) is 7. The number of amidine groups is 1. The highest BCUT2D eigenvalue weighted by molar-refractivity contribution is 8.02. The molecule has 3 unspecified atom stereocenters. The van der Waals surface area contributed by atoms with E-state index in [0.717, 1.165) is 4.90 Å². The molecular weight excluding hydrogens is 783 g/mol. The summed E-state index contributed by atoms with van der Waals surface area (Å²) in [4.78, 5) is 96.6. The van der Waals surface area contributed by atoms with Gasteiger partial charge in [0.1, 0.15) is 29.5 Å². The number of benzene rings is 2. The predicted octanol–water partition coefficient (Wildman–Crippen LogP) is 3.17. The number of aliphatic hydroxyl groups is 1.